The number of carbonyl (C=O) groups is 1. The molecule has 25 heavy (non-hydrogen) atoms. The number of hydrogen-bond donors (Lipinski definition) is 2. The van der Waals surface area contributed by atoms with Crippen LogP contribution in [0.4, 0.5) is 17.1 Å². The van der Waals surface area contributed by atoms with Gasteiger partial charge >= 0.3 is 0 Å². The highest BCUT2D eigenvalue weighted by molar-refractivity contribution is 6.05. The largest absolute Gasteiger partial charge is 0.377 e. The van der Waals surface area contributed by atoms with Gasteiger partial charge in [-0.3, -0.25) is 14.9 Å². The number of hydrogen-bond acceptors (Lipinski definition) is 4. The van der Waals surface area contributed by atoms with Crippen LogP contribution in [0.15, 0.2) is 30.3 Å². The van der Waals surface area contributed by atoms with E-state index in [1.165, 1.54) is 6.07 Å². The second kappa shape index (κ2) is 6.55. The van der Waals surface area contributed by atoms with Crippen molar-refractivity contribution < 1.29 is 9.72 Å². The minimum Gasteiger partial charge on any atom is -0.377 e. The molecule has 0 aliphatic heterocycles. The van der Waals surface area contributed by atoms with E-state index in [2.05, 4.69) is 10.6 Å². The van der Waals surface area contributed by atoms with Crippen molar-refractivity contribution in [1.82, 2.24) is 0 Å². The van der Waals surface area contributed by atoms with Crippen LogP contribution in [0.1, 0.15) is 39.9 Å². The predicted molar refractivity (Wildman–Crippen MR) is 98.3 cm³/mol. The number of nitro groups is 1. The Kier molecular flexibility index (Phi) is 4.44. The van der Waals surface area contributed by atoms with Crippen LogP contribution in [0, 0.1) is 30.9 Å². The summed E-state index contributed by atoms with van der Waals surface area (Å²) in [5, 5.41) is 17.3. The first-order chi connectivity index (χ1) is 11.8. The molecule has 1 saturated carbocycles. The van der Waals surface area contributed by atoms with Gasteiger partial charge < -0.3 is 10.6 Å². The van der Waals surface area contributed by atoms with Crippen molar-refractivity contribution >= 4 is 23.0 Å². The average molecular weight is 339 g/mol. The highest BCUT2D eigenvalue weighted by atomic mass is 16.6. The summed E-state index contributed by atoms with van der Waals surface area (Å²) in [5.41, 5.74) is 4.47. The summed E-state index contributed by atoms with van der Waals surface area (Å²) in [5.74, 6) is -0.351. The Labute approximate surface area is 146 Å². The normalized spacial score (nSPS) is 13.4. The van der Waals surface area contributed by atoms with E-state index >= 15 is 0 Å². The first-order valence-electron chi connectivity index (χ1n) is 8.29. The van der Waals surface area contributed by atoms with Crippen molar-refractivity contribution in [2.75, 3.05) is 10.6 Å². The summed E-state index contributed by atoms with van der Waals surface area (Å²) < 4.78 is 0. The number of amides is 1. The minimum atomic E-state index is -0.454. The van der Waals surface area contributed by atoms with Gasteiger partial charge in [0.15, 0.2) is 0 Å². The highest BCUT2D eigenvalue weighted by Gasteiger charge is 2.25. The van der Waals surface area contributed by atoms with Gasteiger partial charge in [0, 0.05) is 23.4 Å². The summed E-state index contributed by atoms with van der Waals surface area (Å²) in [6, 6.07) is 8.85. The lowest BCUT2D eigenvalue weighted by Gasteiger charge is -2.13. The van der Waals surface area contributed by atoms with Crippen molar-refractivity contribution in [1.29, 1.82) is 0 Å². The van der Waals surface area contributed by atoms with Gasteiger partial charge in [-0.2, -0.15) is 0 Å². The number of benzene rings is 2. The van der Waals surface area contributed by atoms with Gasteiger partial charge in [0.2, 0.25) is 0 Å². The number of aryl methyl sites for hydroxylation is 3. The molecule has 1 aliphatic carbocycles. The van der Waals surface area contributed by atoms with E-state index in [4.69, 9.17) is 0 Å². The molecule has 2 N–H and O–H groups in total. The number of carbonyl (C=O) groups excluding carboxylic acids is 1. The van der Waals surface area contributed by atoms with Gasteiger partial charge in [-0.1, -0.05) is 17.7 Å². The molecule has 1 fully saturated rings. The lowest BCUT2D eigenvalue weighted by atomic mass is 10.0. The number of nitrogens with one attached hydrogen (secondary N) is 2. The fourth-order valence-electron chi connectivity index (χ4n) is 2.96. The second-order valence-corrected chi connectivity index (χ2v) is 6.64. The molecule has 2 aromatic carbocycles. The second-order valence-electron chi connectivity index (χ2n) is 6.64. The van der Waals surface area contributed by atoms with Crippen molar-refractivity contribution in [3.8, 4) is 0 Å². The third-order valence-electron chi connectivity index (χ3n) is 4.31. The molecule has 6 heteroatoms. The predicted octanol–water partition coefficient (Wildman–Crippen LogP) is 4.35. The maximum atomic E-state index is 12.6. The van der Waals surface area contributed by atoms with Gasteiger partial charge in [0.25, 0.3) is 11.6 Å². The van der Waals surface area contributed by atoms with Crippen molar-refractivity contribution in [3.63, 3.8) is 0 Å². The Balaban J connectivity index is 1.87. The molecule has 0 spiro atoms. The number of nitrogens with zero attached hydrogens (tertiary/aromatic N) is 1. The van der Waals surface area contributed by atoms with Crippen LogP contribution in [0.3, 0.4) is 0 Å². The quantitative estimate of drug-likeness (QED) is 0.626. The molecule has 6 nitrogen and oxygen atoms in total. The van der Waals surface area contributed by atoms with E-state index in [1.807, 2.05) is 32.9 Å². The fourth-order valence-corrected chi connectivity index (χ4v) is 2.96. The van der Waals surface area contributed by atoms with Gasteiger partial charge in [-0.05, 0) is 56.9 Å². The van der Waals surface area contributed by atoms with E-state index in [0.717, 1.165) is 35.2 Å². The molecule has 0 heterocycles. The lowest BCUT2D eigenvalue weighted by molar-refractivity contribution is -0.384. The Bertz CT molecular complexity index is 834. The Morgan fingerprint density at radius 2 is 1.76 bits per heavy atom. The van der Waals surface area contributed by atoms with Crippen molar-refractivity contribution in [2.24, 2.45) is 0 Å². The molecular weight excluding hydrogens is 318 g/mol. The van der Waals surface area contributed by atoms with Gasteiger partial charge in [-0.15, -0.1) is 0 Å². The molecule has 0 radical (unpaired) electrons. The Morgan fingerprint density at radius 3 is 2.32 bits per heavy atom. The van der Waals surface area contributed by atoms with Crippen molar-refractivity contribution in [2.45, 2.75) is 39.7 Å². The minimum absolute atomic E-state index is 0.0723. The van der Waals surface area contributed by atoms with E-state index in [9.17, 15) is 14.9 Å². The molecule has 0 aromatic heterocycles. The average Bonchev–Trinajstić information content (AvgIpc) is 3.34. The molecule has 1 amide bonds. The smallest absolute Gasteiger partial charge is 0.293 e. The molecule has 2 aromatic rings. The third-order valence-corrected chi connectivity index (χ3v) is 4.31. The molecular formula is C19H21N3O3. The monoisotopic (exact) mass is 339 g/mol. The van der Waals surface area contributed by atoms with E-state index in [1.54, 1.807) is 12.1 Å². The maximum absolute atomic E-state index is 12.6. The van der Waals surface area contributed by atoms with Gasteiger partial charge in [0.05, 0.1) is 4.92 Å². The summed E-state index contributed by atoms with van der Waals surface area (Å²) in [7, 11) is 0. The van der Waals surface area contributed by atoms with Crippen LogP contribution in [0.5, 0.6) is 0 Å². The number of nitro benzene ring substituents is 1. The van der Waals surface area contributed by atoms with Crippen LogP contribution >= 0.6 is 0 Å². The van der Waals surface area contributed by atoms with Crippen LogP contribution < -0.4 is 10.6 Å². The van der Waals surface area contributed by atoms with Gasteiger partial charge in [0.1, 0.15) is 5.69 Å². The zero-order chi connectivity index (χ0) is 18.1. The summed E-state index contributed by atoms with van der Waals surface area (Å²) in [6.07, 6.45) is 2.04. The molecule has 0 saturated heterocycles. The zero-order valence-corrected chi connectivity index (χ0v) is 14.6. The highest BCUT2D eigenvalue weighted by Crippen LogP contribution is 2.32. The SMILES string of the molecule is Cc1cc(C)c(NC(=O)c2ccc(NC3CC3)c([N+](=O)[O-])c2)c(C)c1. The van der Waals surface area contributed by atoms with Crippen molar-refractivity contribution in [3.05, 3.63) is 62.7 Å². The van der Waals surface area contributed by atoms with E-state index in [0.29, 0.717) is 11.7 Å². The molecule has 0 unspecified atom stereocenters. The molecule has 1 aliphatic rings. The van der Waals surface area contributed by atoms with Crippen LogP contribution in [0.2, 0.25) is 0 Å². The standard InChI is InChI=1S/C19H21N3O3/c1-11-8-12(2)18(13(3)9-11)21-19(23)14-4-7-16(20-15-5-6-15)17(10-14)22(24)25/h4,7-10,15,20H,5-6H2,1-3H3,(H,21,23). The first-order valence-corrected chi connectivity index (χ1v) is 8.29. The first kappa shape index (κ1) is 17.0. The molecule has 3 rings (SSSR count). The molecule has 0 bridgehead atoms. The summed E-state index contributed by atoms with van der Waals surface area (Å²) in [4.78, 5) is 23.5. The third kappa shape index (κ3) is 3.79. The number of anilines is 2. The van der Waals surface area contributed by atoms with Crippen LogP contribution in [-0.4, -0.2) is 16.9 Å². The molecule has 0 atom stereocenters. The fraction of sp³-hybridized carbons (Fsp3) is 0.316. The summed E-state index contributed by atoms with van der Waals surface area (Å²) >= 11 is 0. The van der Waals surface area contributed by atoms with E-state index in [-0.39, 0.29) is 17.2 Å². The summed E-state index contributed by atoms with van der Waals surface area (Å²) in [6.45, 7) is 5.86. The Morgan fingerprint density at radius 1 is 1.12 bits per heavy atom. The Hall–Kier alpha value is -2.89. The molecule has 130 valence electrons. The zero-order valence-electron chi connectivity index (χ0n) is 14.6. The number of rotatable bonds is 5. The maximum Gasteiger partial charge on any atom is 0.293 e. The van der Waals surface area contributed by atoms with Crippen LogP contribution in [-0.2, 0) is 0 Å². The topological polar surface area (TPSA) is 84.3 Å². The lowest BCUT2D eigenvalue weighted by Crippen LogP contribution is -2.15. The van der Waals surface area contributed by atoms with E-state index < -0.39 is 4.92 Å². The van der Waals surface area contributed by atoms with Gasteiger partial charge in [-0.25, -0.2) is 0 Å². The van der Waals surface area contributed by atoms with Crippen LogP contribution in [0.25, 0.3) is 0 Å².